The minimum atomic E-state index is -4.85. The molecule has 0 aliphatic rings. The summed E-state index contributed by atoms with van der Waals surface area (Å²) in [6, 6.07) is 0. The third-order valence-corrected chi connectivity index (χ3v) is 7.92. The molecule has 0 fully saturated rings. The molecule has 0 bridgehead atoms. The van der Waals surface area contributed by atoms with Crippen LogP contribution >= 0.6 is 0 Å². The number of rotatable bonds is 24. The van der Waals surface area contributed by atoms with E-state index in [9.17, 15) is 22.6 Å². The van der Waals surface area contributed by atoms with E-state index in [2.05, 4.69) is 13.8 Å². The second-order valence-corrected chi connectivity index (χ2v) is 11.7. The molecule has 9 heteroatoms. The van der Waals surface area contributed by atoms with Crippen LogP contribution in [0, 0.1) is 0 Å². The van der Waals surface area contributed by atoms with E-state index in [0.29, 0.717) is 12.8 Å². The molecule has 0 heterocycles. The summed E-state index contributed by atoms with van der Waals surface area (Å²) >= 11 is 0. The summed E-state index contributed by atoms with van der Waals surface area (Å²) in [6.45, 7) is 5.63. The van der Waals surface area contributed by atoms with Gasteiger partial charge in [-0.3, -0.25) is 14.1 Å². The van der Waals surface area contributed by atoms with Crippen molar-refractivity contribution in [2.75, 3.05) is 13.2 Å². The average Bonchev–Trinajstić information content (AvgIpc) is 2.80. The molecule has 1 N–H and O–H groups in total. The van der Waals surface area contributed by atoms with Crippen LogP contribution in [0.2, 0.25) is 0 Å². The molecule has 36 heavy (non-hydrogen) atoms. The molecule has 0 rings (SSSR count). The number of carbonyl (C=O) groups excluding carboxylic acids is 2. The number of unbranched alkanes of at least 4 members (excludes halogenated alkanes) is 16. The number of carbonyl (C=O) groups is 2. The SMILES string of the molecule is CCCCCCCCCCCOC(=O)CC(C)(C(=O)OCCCCCCCCCCC)S(=O)(=O)O.[NaH]. The summed E-state index contributed by atoms with van der Waals surface area (Å²) < 4.78 is 41.3. The molecule has 0 amide bonds. The van der Waals surface area contributed by atoms with Gasteiger partial charge in [-0.25, -0.2) is 0 Å². The van der Waals surface area contributed by atoms with Crippen LogP contribution in [0.4, 0.5) is 0 Å². The summed E-state index contributed by atoms with van der Waals surface area (Å²) in [7, 11) is -4.85. The molecule has 7 nitrogen and oxygen atoms in total. The Kier molecular flexibility index (Phi) is 25.3. The minimum absolute atomic E-state index is 0. The van der Waals surface area contributed by atoms with Gasteiger partial charge in [0, 0.05) is 0 Å². The molecule has 0 saturated heterocycles. The molecule has 0 spiro atoms. The number of hydrogen-bond acceptors (Lipinski definition) is 6. The van der Waals surface area contributed by atoms with Crippen molar-refractivity contribution in [3.05, 3.63) is 0 Å². The quantitative estimate of drug-likeness (QED) is 0.0638. The molecule has 0 saturated carbocycles. The molecule has 1 atom stereocenters. The van der Waals surface area contributed by atoms with E-state index in [4.69, 9.17) is 9.47 Å². The Labute approximate surface area is 243 Å². The summed E-state index contributed by atoms with van der Waals surface area (Å²) in [5, 5.41) is 0. The molecule has 0 aliphatic carbocycles. The van der Waals surface area contributed by atoms with Crippen molar-refractivity contribution in [1.29, 1.82) is 0 Å². The van der Waals surface area contributed by atoms with Crippen LogP contribution < -0.4 is 0 Å². The third kappa shape index (κ3) is 19.0. The van der Waals surface area contributed by atoms with Crippen LogP contribution in [0.5, 0.6) is 0 Å². The number of esters is 2. The Balaban J connectivity index is 0. The number of ether oxygens (including phenoxy) is 2. The fourth-order valence-corrected chi connectivity index (χ4v) is 4.49. The van der Waals surface area contributed by atoms with Crippen LogP contribution in [0.3, 0.4) is 0 Å². The van der Waals surface area contributed by atoms with Gasteiger partial charge in [-0.1, -0.05) is 117 Å². The Morgan fingerprint density at radius 2 is 0.972 bits per heavy atom. The van der Waals surface area contributed by atoms with E-state index in [1.54, 1.807) is 0 Å². The molecule has 0 radical (unpaired) electrons. The third-order valence-electron chi connectivity index (χ3n) is 6.47. The van der Waals surface area contributed by atoms with Gasteiger partial charge in [0.15, 0.2) is 0 Å². The monoisotopic (exact) mass is 544 g/mol. The van der Waals surface area contributed by atoms with Crippen molar-refractivity contribution >= 4 is 51.6 Å². The predicted molar refractivity (Wildman–Crippen MR) is 148 cm³/mol. The van der Waals surface area contributed by atoms with Crippen molar-refractivity contribution in [3.63, 3.8) is 0 Å². The van der Waals surface area contributed by atoms with E-state index in [1.807, 2.05) is 0 Å². The van der Waals surface area contributed by atoms with E-state index < -0.39 is 33.2 Å². The maximum atomic E-state index is 12.5. The molecular weight excluding hydrogens is 491 g/mol. The van der Waals surface area contributed by atoms with Crippen LogP contribution in [0.15, 0.2) is 0 Å². The van der Waals surface area contributed by atoms with Crippen molar-refractivity contribution in [2.24, 2.45) is 0 Å². The Morgan fingerprint density at radius 1 is 0.639 bits per heavy atom. The molecule has 0 aromatic carbocycles. The normalized spacial score (nSPS) is 13.0. The van der Waals surface area contributed by atoms with E-state index in [-0.39, 0.29) is 42.8 Å². The van der Waals surface area contributed by atoms with E-state index in [1.165, 1.54) is 64.2 Å². The van der Waals surface area contributed by atoms with Crippen LogP contribution in [0.1, 0.15) is 143 Å². The molecule has 0 aromatic heterocycles. The molecule has 1 unspecified atom stereocenters. The van der Waals surface area contributed by atoms with Crippen molar-refractivity contribution in [2.45, 2.75) is 148 Å². The Hall–Kier alpha value is -0.150. The van der Waals surface area contributed by atoms with Crippen molar-refractivity contribution in [3.8, 4) is 0 Å². The van der Waals surface area contributed by atoms with E-state index in [0.717, 1.165) is 45.4 Å². The van der Waals surface area contributed by atoms with Gasteiger partial charge in [0.05, 0.1) is 19.6 Å². The Bertz CT molecular complexity index is 655. The molecule has 0 aliphatic heterocycles. The second kappa shape index (κ2) is 23.9. The van der Waals surface area contributed by atoms with Gasteiger partial charge in [0.2, 0.25) is 4.75 Å². The number of hydrogen-bond donors (Lipinski definition) is 1. The summed E-state index contributed by atoms with van der Waals surface area (Å²) in [4.78, 5) is 24.6. The van der Waals surface area contributed by atoms with Crippen LogP contribution in [-0.2, 0) is 29.2 Å². The zero-order chi connectivity index (χ0) is 26.4. The van der Waals surface area contributed by atoms with Gasteiger partial charge in [-0.2, -0.15) is 8.42 Å². The van der Waals surface area contributed by atoms with Crippen molar-refractivity contribution in [1.82, 2.24) is 0 Å². The summed E-state index contributed by atoms with van der Waals surface area (Å²) in [6.07, 6.45) is 19.2. The van der Waals surface area contributed by atoms with Gasteiger partial charge in [-0.15, -0.1) is 0 Å². The predicted octanol–water partition coefficient (Wildman–Crippen LogP) is 6.52. The first-order valence-corrected chi connectivity index (χ1v) is 15.4. The molecular formula is C27H53NaO7S. The van der Waals surface area contributed by atoms with Crippen LogP contribution in [0.25, 0.3) is 0 Å². The zero-order valence-electron chi connectivity index (χ0n) is 22.7. The fraction of sp³-hybridized carbons (Fsp3) is 0.926. The van der Waals surface area contributed by atoms with Gasteiger partial charge >= 0.3 is 41.5 Å². The second-order valence-electron chi connectivity index (χ2n) is 9.90. The summed E-state index contributed by atoms with van der Waals surface area (Å²) in [5.74, 6) is -1.94. The maximum absolute atomic E-state index is 12.5. The average molecular weight is 545 g/mol. The van der Waals surface area contributed by atoms with Crippen LogP contribution in [-0.4, -0.2) is 72.4 Å². The van der Waals surface area contributed by atoms with Gasteiger partial charge in [-0.05, 0) is 19.8 Å². The van der Waals surface area contributed by atoms with E-state index >= 15 is 0 Å². The molecule has 0 aromatic rings. The molecule has 210 valence electrons. The first-order chi connectivity index (χ1) is 16.7. The van der Waals surface area contributed by atoms with Gasteiger partial charge in [0.25, 0.3) is 10.1 Å². The van der Waals surface area contributed by atoms with Crippen molar-refractivity contribution < 1.29 is 32.0 Å². The first kappa shape index (κ1) is 38.0. The first-order valence-electron chi connectivity index (χ1n) is 14.0. The topological polar surface area (TPSA) is 107 Å². The standard InChI is InChI=1S/C27H52O7S.Na.H/c1-4-6-8-10-12-14-16-18-20-22-33-25(28)24-27(3,35(30,31)32)26(29)34-23-21-19-17-15-13-11-9-7-5-2;;/h4-24H2,1-3H3,(H,30,31,32);;. The zero-order valence-corrected chi connectivity index (χ0v) is 23.5. The van der Waals surface area contributed by atoms with Gasteiger partial charge < -0.3 is 9.47 Å². The van der Waals surface area contributed by atoms with Gasteiger partial charge in [0.1, 0.15) is 0 Å². The summed E-state index contributed by atoms with van der Waals surface area (Å²) in [5.41, 5.74) is 0. The Morgan fingerprint density at radius 3 is 1.33 bits per heavy atom. The fourth-order valence-electron chi connectivity index (χ4n) is 3.92.